The van der Waals surface area contributed by atoms with Crippen molar-refractivity contribution in [3.05, 3.63) is 53.6 Å². The van der Waals surface area contributed by atoms with Crippen LogP contribution in [0, 0.1) is 13.8 Å². The lowest BCUT2D eigenvalue weighted by molar-refractivity contribution is -0.125. The number of fused-ring (bicyclic) bond motifs is 1. The molecule has 0 saturated heterocycles. The maximum absolute atomic E-state index is 13.1. The molecule has 4 rings (SSSR count). The number of aryl methyl sites for hydroxylation is 1. The Hall–Kier alpha value is -3.81. The van der Waals surface area contributed by atoms with Crippen LogP contribution in [0.3, 0.4) is 0 Å². The van der Waals surface area contributed by atoms with Crippen LogP contribution in [0.1, 0.15) is 23.6 Å². The molecule has 1 aliphatic heterocycles. The van der Waals surface area contributed by atoms with Gasteiger partial charge >= 0.3 is 0 Å². The standard InChI is InChI=1S/C23H24N4O4/c1-13-5-7-15(8-6-13)21-14(2)22-25-20(28)12-17(27(22)26-21)23(29)24-16-9-10-18(30-3)19(11-16)31-4/h5-11,17H,12H2,1-4H3,(H,24,29)(H,25,28)/t17-/m0/s1. The average molecular weight is 420 g/mol. The highest BCUT2D eigenvalue weighted by atomic mass is 16.5. The van der Waals surface area contributed by atoms with E-state index in [1.165, 1.54) is 7.11 Å². The Balaban J connectivity index is 1.66. The highest BCUT2D eigenvalue weighted by molar-refractivity contribution is 6.02. The van der Waals surface area contributed by atoms with Crippen LogP contribution in [0.4, 0.5) is 11.5 Å². The third-order valence-electron chi connectivity index (χ3n) is 5.36. The monoisotopic (exact) mass is 420 g/mol. The summed E-state index contributed by atoms with van der Waals surface area (Å²) in [7, 11) is 3.07. The second kappa shape index (κ2) is 8.14. The van der Waals surface area contributed by atoms with E-state index in [1.807, 2.05) is 38.1 Å². The van der Waals surface area contributed by atoms with Gasteiger partial charge in [-0.1, -0.05) is 29.8 Å². The quantitative estimate of drug-likeness (QED) is 0.656. The molecule has 31 heavy (non-hydrogen) atoms. The van der Waals surface area contributed by atoms with Crippen molar-refractivity contribution in [1.82, 2.24) is 9.78 Å². The zero-order chi connectivity index (χ0) is 22.1. The van der Waals surface area contributed by atoms with Crippen LogP contribution in [0.5, 0.6) is 11.5 Å². The van der Waals surface area contributed by atoms with Gasteiger partial charge in [-0.05, 0) is 26.0 Å². The second-order valence-corrected chi connectivity index (χ2v) is 7.46. The molecule has 3 aromatic rings. The largest absolute Gasteiger partial charge is 0.493 e. The summed E-state index contributed by atoms with van der Waals surface area (Å²) in [6.07, 6.45) is 0.000576. The third kappa shape index (κ3) is 3.84. The normalized spacial score (nSPS) is 15.1. The molecule has 0 fully saturated rings. The number of hydrogen-bond acceptors (Lipinski definition) is 5. The van der Waals surface area contributed by atoms with Crippen molar-refractivity contribution in [2.75, 3.05) is 24.9 Å². The van der Waals surface area contributed by atoms with E-state index in [4.69, 9.17) is 9.47 Å². The van der Waals surface area contributed by atoms with Crippen molar-refractivity contribution in [3.8, 4) is 22.8 Å². The first-order valence-corrected chi connectivity index (χ1v) is 9.90. The van der Waals surface area contributed by atoms with Gasteiger partial charge in [-0.25, -0.2) is 4.68 Å². The molecule has 0 bridgehead atoms. The van der Waals surface area contributed by atoms with Crippen LogP contribution in [0.25, 0.3) is 11.3 Å². The first kappa shape index (κ1) is 20.5. The fourth-order valence-electron chi connectivity index (χ4n) is 3.67. The molecular formula is C23H24N4O4. The molecule has 2 aromatic carbocycles. The molecule has 0 spiro atoms. The minimum Gasteiger partial charge on any atom is -0.493 e. The summed E-state index contributed by atoms with van der Waals surface area (Å²) in [5.74, 6) is 1.04. The molecule has 0 unspecified atom stereocenters. The maximum Gasteiger partial charge on any atom is 0.249 e. The summed E-state index contributed by atoms with van der Waals surface area (Å²) in [5.41, 5.74) is 4.17. The molecule has 0 aliphatic carbocycles. The highest BCUT2D eigenvalue weighted by Gasteiger charge is 2.34. The molecule has 1 atom stereocenters. The number of carbonyl (C=O) groups is 2. The molecule has 2 heterocycles. The Labute approximate surface area is 180 Å². The van der Waals surface area contributed by atoms with Gasteiger partial charge in [-0.3, -0.25) is 9.59 Å². The van der Waals surface area contributed by atoms with Crippen molar-refractivity contribution in [3.63, 3.8) is 0 Å². The molecule has 2 N–H and O–H groups in total. The third-order valence-corrected chi connectivity index (χ3v) is 5.36. The Bertz CT molecular complexity index is 1150. The van der Waals surface area contributed by atoms with E-state index in [0.717, 1.165) is 22.4 Å². The maximum atomic E-state index is 13.1. The van der Waals surface area contributed by atoms with Crippen LogP contribution in [0.15, 0.2) is 42.5 Å². The van der Waals surface area contributed by atoms with E-state index in [1.54, 1.807) is 30.0 Å². The number of anilines is 2. The van der Waals surface area contributed by atoms with Crippen molar-refractivity contribution in [2.24, 2.45) is 0 Å². The number of amides is 2. The number of nitrogens with zero attached hydrogens (tertiary/aromatic N) is 2. The van der Waals surface area contributed by atoms with Crippen LogP contribution in [0.2, 0.25) is 0 Å². The predicted octanol–water partition coefficient (Wildman–Crippen LogP) is 3.71. The number of nitrogens with one attached hydrogen (secondary N) is 2. The van der Waals surface area contributed by atoms with E-state index in [9.17, 15) is 9.59 Å². The molecule has 1 aliphatic rings. The van der Waals surface area contributed by atoms with Crippen LogP contribution in [-0.2, 0) is 9.59 Å². The van der Waals surface area contributed by atoms with E-state index in [-0.39, 0.29) is 18.2 Å². The van der Waals surface area contributed by atoms with Gasteiger partial charge in [0.15, 0.2) is 11.5 Å². The van der Waals surface area contributed by atoms with Gasteiger partial charge in [-0.15, -0.1) is 0 Å². The smallest absolute Gasteiger partial charge is 0.249 e. The van der Waals surface area contributed by atoms with Gasteiger partial charge < -0.3 is 20.1 Å². The summed E-state index contributed by atoms with van der Waals surface area (Å²) in [4.78, 5) is 25.5. The lowest BCUT2D eigenvalue weighted by Crippen LogP contribution is -2.35. The zero-order valence-electron chi connectivity index (χ0n) is 17.9. The van der Waals surface area contributed by atoms with Gasteiger partial charge in [0.2, 0.25) is 11.8 Å². The summed E-state index contributed by atoms with van der Waals surface area (Å²) in [5, 5.41) is 10.4. The first-order chi connectivity index (χ1) is 14.9. The molecule has 0 radical (unpaired) electrons. The molecule has 1 aromatic heterocycles. The van der Waals surface area contributed by atoms with Crippen LogP contribution < -0.4 is 20.1 Å². The second-order valence-electron chi connectivity index (χ2n) is 7.46. The van der Waals surface area contributed by atoms with Gasteiger partial charge in [0.25, 0.3) is 0 Å². The van der Waals surface area contributed by atoms with Crippen LogP contribution >= 0.6 is 0 Å². The Kier molecular flexibility index (Phi) is 5.37. The summed E-state index contributed by atoms with van der Waals surface area (Å²) >= 11 is 0. The number of aromatic nitrogens is 2. The lowest BCUT2D eigenvalue weighted by atomic mass is 10.1. The zero-order valence-corrected chi connectivity index (χ0v) is 17.9. The number of carbonyl (C=O) groups excluding carboxylic acids is 2. The van der Waals surface area contributed by atoms with Crippen molar-refractivity contribution < 1.29 is 19.1 Å². The highest BCUT2D eigenvalue weighted by Crippen LogP contribution is 2.35. The number of benzene rings is 2. The predicted molar refractivity (Wildman–Crippen MR) is 118 cm³/mol. The number of hydrogen-bond donors (Lipinski definition) is 2. The summed E-state index contributed by atoms with van der Waals surface area (Å²) in [6.45, 7) is 3.91. The topological polar surface area (TPSA) is 94.5 Å². The van der Waals surface area contributed by atoms with E-state index >= 15 is 0 Å². The van der Waals surface area contributed by atoms with Gasteiger partial charge in [0.1, 0.15) is 11.9 Å². The molecular weight excluding hydrogens is 396 g/mol. The number of ether oxygens (including phenoxy) is 2. The lowest BCUT2D eigenvalue weighted by Gasteiger charge is -2.24. The van der Waals surface area contributed by atoms with Crippen molar-refractivity contribution in [2.45, 2.75) is 26.3 Å². The number of methoxy groups -OCH3 is 2. The first-order valence-electron chi connectivity index (χ1n) is 9.90. The fraction of sp³-hybridized carbons (Fsp3) is 0.261. The minimum absolute atomic E-state index is 0.000576. The summed E-state index contributed by atoms with van der Waals surface area (Å²) < 4.78 is 12.1. The van der Waals surface area contributed by atoms with Gasteiger partial charge in [0, 0.05) is 22.9 Å². The van der Waals surface area contributed by atoms with Crippen LogP contribution in [-0.4, -0.2) is 35.8 Å². The van der Waals surface area contributed by atoms with Gasteiger partial charge in [0.05, 0.1) is 26.3 Å². The molecule has 8 heteroatoms. The van der Waals surface area contributed by atoms with Gasteiger partial charge in [-0.2, -0.15) is 5.10 Å². The Morgan fingerprint density at radius 3 is 2.48 bits per heavy atom. The molecule has 8 nitrogen and oxygen atoms in total. The van der Waals surface area contributed by atoms with Crippen molar-refractivity contribution >= 4 is 23.3 Å². The Morgan fingerprint density at radius 1 is 1.10 bits per heavy atom. The van der Waals surface area contributed by atoms with Crippen molar-refractivity contribution in [1.29, 1.82) is 0 Å². The molecule has 2 amide bonds. The molecule has 0 saturated carbocycles. The minimum atomic E-state index is -0.769. The van der Waals surface area contributed by atoms with E-state index < -0.39 is 6.04 Å². The average Bonchev–Trinajstić information content (AvgIpc) is 3.10. The Morgan fingerprint density at radius 2 is 1.81 bits per heavy atom. The van der Waals surface area contributed by atoms with E-state index in [2.05, 4.69) is 15.7 Å². The fourth-order valence-corrected chi connectivity index (χ4v) is 3.67. The number of rotatable bonds is 5. The van der Waals surface area contributed by atoms with E-state index in [0.29, 0.717) is 23.0 Å². The molecule has 160 valence electrons. The summed E-state index contributed by atoms with van der Waals surface area (Å²) in [6, 6.07) is 12.3. The SMILES string of the molecule is COc1ccc(NC(=O)[C@@H]2CC(=O)Nc3c(C)c(-c4ccc(C)cc4)nn32)cc1OC.